The van der Waals surface area contributed by atoms with E-state index in [0.29, 0.717) is 11.4 Å². The average molecular weight is 545 g/mol. The number of para-hydroxylation sites is 1. The highest BCUT2D eigenvalue weighted by Crippen LogP contribution is 2.51. The van der Waals surface area contributed by atoms with E-state index in [2.05, 4.69) is 137 Å². The minimum Gasteiger partial charge on any atom is -0.397 e. The Morgan fingerprint density at radius 3 is 1.26 bits per heavy atom. The van der Waals surface area contributed by atoms with Gasteiger partial charge in [-0.1, -0.05) is 131 Å². The van der Waals surface area contributed by atoms with Crippen LogP contribution in [0.1, 0.15) is 22.3 Å². The van der Waals surface area contributed by atoms with Gasteiger partial charge in [0.2, 0.25) is 0 Å². The van der Waals surface area contributed by atoms with Crippen LogP contribution in [0.15, 0.2) is 121 Å². The van der Waals surface area contributed by atoms with Crippen molar-refractivity contribution in [2.24, 2.45) is 0 Å². The van der Waals surface area contributed by atoms with Crippen LogP contribution in [0.3, 0.4) is 0 Å². The van der Waals surface area contributed by atoms with E-state index >= 15 is 0 Å². The number of rotatable bonds is 5. The summed E-state index contributed by atoms with van der Waals surface area (Å²) in [5.74, 6) is 0. The van der Waals surface area contributed by atoms with E-state index in [0.717, 1.165) is 27.8 Å². The van der Waals surface area contributed by atoms with Crippen LogP contribution in [0.2, 0.25) is 0 Å². The Morgan fingerprint density at radius 2 is 0.762 bits per heavy atom. The molecule has 0 aliphatic rings. The molecule has 6 rings (SSSR count). The molecule has 6 aromatic rings. The lowest BCUT2D eigenvalue weighted by molar-refractivity contribution is 1.43. The van der Waals surface area contributed by atoms with E-state index in [1.807, 2.05) is 12.1 Å². The SMILES string of the molecule is Cc1cccc(-c2cc(-c3cccc(N)c3N)c(-c3cccc(C)c3)c(-c3cccc(C)c3)c2-c2cccc(C)c2)c1. The highest BCUT2D eigenvalue weighted by molar-refractivity contribution is 6.09. The summed E-state index contributed by atoms with van der Waals surface area (Å²) in [6, 6.07) is 43.5. The van der Waals surface area contributed by atoms with Crippen LogP contribution < -0.4 is 11.5 Å². The fourth-order valence-corrected chi connectivity index (χ4v) is 6.04. The molecule has 0 aromatic heterocycles. The van der Waals surface area contributed by atoms with Crippen LogP contribution in [0.5, 0.6) is 0 Å². The zero-order valence-electron chi connectivity index (χ0n) is 24.7. The van der Waals surface area contributed by atoms with E-state index in [4.69, 9.17) is 11.5 Å². The highest BCUT2D eigenvalue weighted by Gasteiger charge is 2.25. The molecule has 42 heavy (non-hydrogen) atoms. The Hall–Kier alpha value is -5.08. The summed E-state index contributed by atoms with van der Waals surface area (Å²) < 4.78 is 0. The number of anilines is 2. The molecule has 0 fully saturated rings. The first-order chi connectivity index (χ1) is 20.3. The second-order valence-electron chi connectivity index (χ2n) is 11.4. The van der Waals surface area contributed by atoms with Crippen LogP contribution >= 0.6 is 0 Å². The molecule has 0 unspecified atom stereocenters. The number of benzene rings is 6. The van der Waals surface area contributed by atoms with Crippen LogP contribution in [-0.2, 0) is 0 Å². The second kappa shape index (κ2) is 11.1. The third-order valence-corrected chi connectivity index (χ3v) is 8.01. The summed E-state index contributed by atoms with van der Waals surface area (Å²) in [7, 11) is 0. The normalized spacial score (nSPS) is 11.0. The summed E-state index contributed by atoms with van der Waals surface area (Å²) in [4.78, 5) is 0. The molecule has 0 saturated heterocycles. The minimum atomic E-state index is 0.583. The molecule has 0 atom stereocenters. The van der Waals surface area contributed by atoms with Gasteiger partial charge in [-0.3, -0.25) is 0 Å². The largest absolute Gasteiger partial charge is 0.397 e. The van der Waals surface area contributed by atoms with Gasteiger partial charge in [-0.2, -0.15) is 0 Å². The third kappa shape index (κ3) is 5.08. The lowest BCUT2D eigenvalue weighted by Crippen LogP contribution is -2.02. The molecule has 0 amide bonds. The summed E-state index contributed by atoms with van der Waals surface area (Å²) >= 11 is 0. The van der Waals surface area contributed by atoms with Crippen molar-refractivity contribution in [1.82, 2.24) is 0 Å². The number of aryl methyl sites for hydroxylation is 4. The van der Waals surface area contributed by atoms with Gasteiger partial charge in [0.05, 0.1) is 11.4 Å². The molecule has 0 spiro atoms. The topological polar surface area (TPSA) is 52.0 Å². The van der Waals surface area contributed by atoms with Gasteiger partial charge in [-0.25, -0.2) is 0 Å². The lowest BCUT2D eigenvalue weighted by Gasteiger charge is -2.25. The molecule has 0 heterocycles. The summed E-state index contributed by atoms with van der Waals surface area (Å²) in [6.07, 6.45) is 0. The van der Waals surface area contributed by atoms with E-state index in [1.54, 1.807) is 0 Å². The smallest absolute Gasteiger partial charge is 0.0627 e. The van der Waals surface area contributed by atoms with Crippen LogP contribution in [0, 0.1) is 27.7 Å². The van der Waals surface area contributed by atoms with Gasteiger partial charge in [-0.05, 0) is 89.9 Å². The Bertz CT molecular complexity index is 1950. The van der Waals surface area contributed by atoms with Gasteiger partial charge >= 0.3 is 0 Å². The molecule has 0 saturated carbocycles. The maximum absolute atomic E-state index is 6.76. The quantitative estimate of drug-likeness (QED) is 0.212. The molecule has 0 radical (unpaired) electrons. The third-order valence-electron chi connectivity index (χ3n) is 8.01. The molecular formula is C40H36N2. The molecule has 6 aromatic carbocycles. The zero-order valence-corrected chi connectivity index (χ0v) is 24.7. The zero-order chi connectivity index (χ0) is 29.4. The van der Waals surface area contributed by atoms with Crippen molar-refractivity contribution in [3.05, 3.63) is 144 Å². The average Bonchev–Trinajstić information content (AvgIpc) is 2.97. The monoisotopic (exact) mass is 544 g/mol. The Labute approximate surface area is 249 Å². The van der Waals surface area contributed by atoms with Gasteiger partial charge in [-0.15, -0.1) is 0 Å². The fraction of sp³-hybridized carbons (Fsp3) is 0.100. The van der Waals surface area contributed by atoms with Crippen LogP contribution in [-0.4, -0.2) is 0 Å². The standard InChI is InChI=1S/C40H36N2/c1-25-10-5-14-29(20-25)34-24-35(33-18-9-19-36(41)40(33)42)38(31-16-7-12-27(3)22-31)39(32-17-8-13-28(4)23-32)37(34)30-15-6-11-26(2)21-30/h5-24H,41-42H2,1-4H3. The van der Waals surface area contributed by atoms with Crippen molar-refractivity contribution in [3.8, 4) is 55.6 Å². The molecule has 4 N–H and O–H groups in total. The predicted molar refractivity (Wildman–Crippen MR) is 181 cm³/mol. The minimum absolute atomic E-state index is 0.583. The molecule has 0 aliphatic carbocycles. The summed E-state index contributed by atoms with van der Waals surface area (Å²) in [5.41, 5.74) is 30.6. The number of nitrogens with two attached hydrogens (primary N) is 2. The van der Waals surface area contributed by atoms with Gasteiger partial charge in [0.15, 0.2) is 0 Å². The second-order valence-corrected chi connectivity index (χ2v) is 11.4. The Kier molecular flexibility index (Phi) is 7.14. The highest BCUT2D eigenvalue weighted by atomic mass is 14.7. The van der Waals surface area contributed by atoms with Crippen molar-refractivity contribution in [1.29, 1.82) is 0 Å². The molecular weight excluding hydrogens is 508 g/mol. The van der Waals surface area contributed by atoms with Crippen molar-refractivity contribution < 1.29 is 0 Å². The summed E-state index contributed by atoms with van der Waals surface area (Å²) in [6.45, 7) is 8.61. The fourth-order valence-electron chi connectivity index (χ4n) is 6.04. The van der Waals surface area contributed by atoms with E-state index in [1.165, 1.54) is 50.1 Å². The van der Waals surface area contributed by atoms with E-state index in [-0.39, 0.29) is 0 Å². The number of nitrogen functional groups attached to an aromatic ring is 2. The first-order valence-electron chi connectivity index (χ1n) is 14.4. The van der Waals surface area contributed by atoms with Crippen LogP contribution in [0.25, 0.3) is 55.6 Å². The van der Waals surface area contributed by atoms with Gasteiger partial charge < -0.3 is 11.5 Å². The maximum Gasteiger partial charge on any atom is 0.0627 e. The molecule has 206 valence electrons. The Morgan fingerprint density at radius 1 is 0.357 bits per heavy atom. The first kappa shape index (κ1) is 27.1. The van der Waals surface area contributed by atoms with Crippen molar-refractivity contribution >= 4 is 11.4 Å². The molecule has 2 heteroatoms. The Balaban J connectivity index is 1.90. The van der Waals surface area contributed by atoms with Gasteiger partial charge in [0.1, 0.15) is 0 Å². The van der Waals surface area contributed by atoms with Gasteiger partial charge in [0.25, 0.3) is 0 Å². The summed E-state index contributed by atoms with van der Waals surface area (Å²) in [5, 5.41) is 0. The van der Waals surface area contributed by atoms with Crippen molar-refractivity contribution in [3.63, 3.8) is 0 Å². The molecule has 2 nitrogen and oxygen atoms in total. The predicted octanol–water partition coefficient (Wildman–Crippen LogP) is 10.4. The maximum atomic E-state index is 6.76. The number of hydrogen-bond donors (Lipinski definition) is 2. The van der Waals surface area contributed by atoms with E-state index < -0.39 is 0 Å². The lowest BCUT2D eigenvalue weighted by atomic mass is 9.78. The van der Waals surface area contributed by atoms with Crippen molar-refractivity contribution in [2.75, 3.05) is 11.5 Å². The first-order valence-corrected chi connectivity index (χ1v) is 14.4. The number of hydrogen-bond acceptors (Lipinski definition) is 2. The van der Waals surface area contributed by atoms with Crippen molar-refractivity contribution in [2.45, 2.75) is 27.7 Å². The molecule has 0 aliphatic heterocycles. The van der Waals surface area contributed by atoms with Crippen LogP contribution in [0.4, 0.5) is 11.4 Å². The molecule has 0 bridgehead atoms. The van der Waals surface area contributed by atoms with Gasteiger partial charge in [0, 0.05) is 5.56 Å². The van der Waals surface area contributed by atoms with E-state index in [9.17, 15) is 0 Å².